The number of halogens is 1. The molecule has 1 amide bonds. The van der Waals surface area contributed by atoms with Crippen LogP contribution in [0.25, 0.3) is 6.08 Å². The molecule has 0 unspecified atom stereocenters. The van der Waals surface area contributed by atoms with Crippen LogP contribution in [-0.2, 0) is 18.4 Å². The molecular weight excluding hydrogens is 431 g/mol. The summed E-state index contributed by atoms with van der Waals surface area (Å²) in [6.07, 6.45) is 8.00. The fourth-order valence-electron chi connectivity index (χ4n) is 3.88. The van der Waals surface area contributed by atoms with Crippen LogP contribution in [0.15, 0.2) is 35.5 Å². The number of aromatic nitrogens is 3. The number of hydrogen-bond acceptors (Lipinski definition) is 3. The predicted octanol–water partition coefficient (Wildman–Crippen LogP) is 1.85. The van der Waals surface area contributed by atoms with E-state index in [2.05, 4.69) is 27.6 Å². The van der Waals surface area contributed by atoms with E-state index in [4.69, 9.17) is 0 Å². The number of likely N-dealkylation sites (tertiary alicyclic amines) is 1. The first-order valence-corrected chi connectivity index (χ1v) is 9.43. The lowest BCUT2D eigenvalue weighted by Crippen LogP contribution is -2.49. The lowest BCUT2D eigenvalue weighted by Gasteiger charge is -2.42. The van der Waals surface area contributed by atoms with Crippen LogP contribution < -0.4 is 5.56 Å². The fraction of sp³-hybridized carbons (Fsp3) is 0.389. The van der Waals surface area contributed by atoms with Crippen LogP contribution in [-0.4, -0.2) is 38.0 Å². The topological polar surface area (TPSA) is 60.1 Å². The minimum Gasteiger partial charge on any atom is -0.340 e. The highest BCUT2D eigenvalue weighted by Crippen LogP contribution is 2.35. The van der Waals surface area contributed by atoms with Crippen molar-refractivity contribution >= 4 is 34.6 Å². The third kappa shape index (κ3) is 3.17. The van der Waals surface area contributed by atoms with Gasteiger partial charge in [0.05, 0.1) is 15.6 Å². The second-order valence-corrected chi connectivity index (χ2v) is 8.02. The molecule has 2 aliphatic rings. The van der Waals surface area contributed by atoms with Gasteiger partial charge in [-0.2, -0.15) is 0 Å². The van der Waals surface area contributed by atoms with Crippen molar-refractivity contribution in [3.05, 3.63) is 56.0 Å². The monoisotopic (exact) mass is 450 g/mol. The Morgan fingerprint density at radius 3 is 2.92 bits per heavy atom. The maximum Gasteiger partial charge on any atom is 0.264 e. The molecule has 4 heterocycles. The number of hydrogen-bond donors (Lipinski definition) is 0. The molecule has 0 spiro atoms. The van der Waals surface area contributed by atoms with E-state index < -0.39 is 0 Å². The molecule has 7 heteroatoms. The van der Waals surface area contributed by atoms with Crippen LogP contribution >= 0.6 is 22.6 Å². The number of amides is 1. The van der Waals surface area contributed by atoms with Gasteiger partial charge in [0.1, 0.15) is 0 Å². The molecule has 25 heavy (non-hydrogen) atoms. The molecule has 1 saturated heterocycles. The number of carbonyl (C=O) groups excluding carboxylic acids is 1. The van der Waals surface area contributed by atoms with E-state index in [1.54, 1.807) is 18.5 Å². The van der Waals surface area contributed by atoms with Crippen molar-refractivity contribution in [3.8, 4) is 0 Å². The van der Waals surface area contributed by atoms with E-state index in [0.717, 1.165) is 21.4 Å². The van der Waals surface area contributed by atoms with Gasteiger partial charge >= 0.3 is 0 Å². The number of pyridine rings is 1. The van der Waals surface area contributed by atoms with Gasteiger partial charge < -0.3 is 14.0 Å². The van der Waals surface area contributed by atoms with Gasteiger partial charge in [0.2, 0.25) is 5.91 Å². The summed E-state index contributed by atoms with van der Waals surface area (Å²) in [7, 11) is 1.90. The zero-order chi connectivity index (χ0) is 17.6. The molecule has 4 rings (SSSR count). The van der Waals surface area contributed by atoms with E-state index in [0.29, 0.717) is 25.6 Å². The quantitative estimate of drug-likeness (QED) is 0.519. The molecule has 2 atom stereocenters. The largest absolute Gasteiger partial charge is 0.340 e. The number of aryl methyl sites for hydroxylation is 1. The summed E-state index contributed by atoms with van der Waals surface area (Å²) in [5.74, 6) is 0.598. The van der Waals surface area contributed by atoms with E-state index in [-0.39, 0.29) is 17.4 Å². The van der Waals surface area contributed by atoms with Crippen molar-refractivity contribution in [3.63, 3.8) is 0 Å². The first-order valence-electron chi connectivity index (χ1n) is 8.35. The summed E-state index contributed by atoms with van der Waals surface area (Å²) in [4.78, 5) is 31.1. The smallest absolute Gasteiger partial charge is 0.264 e. The van der Waals surface area contributed by atoms with Gasteiger partial charge in [-0.3, -0.25) is 9.59 Å². The average Bonchev–Trinajstić information content (AvgIpc) is 3.01. The molecule has 0 saturated carbocycles. The zero-order valence-electron chi connectivity index (χ0n) is 13.9. The second-order valence-electron chi connectivity index (χ2n) is 6.86. The molecule has 2 aromatic heterocycles. The fourth-order valence-corrected chi connectivity index (χ4v) is 4.35. The van der Waals surface area contributed by atoms with Crippen LogP contribution in [0.1, 0.15) is 23.7 Å². The molecule has 2 bridgehead atoms. The van der Waals surface area contributed by atoms with E-state index >= 15 is 0 Å². The standard InChI is InChI=1S/C18H19IN4O2/c1-21-10-14(20-11-21)2-5-17(24)22-7-12-6-13(9-22)16-4-3-15(19)18(25)23(16)8-12/h2-5,10-13H,6-9H2,1H3/b5-2+/t12-,13+/m0/s1. The molecule has 2 aromatic rings. The Morgan fingerprint density at radius 1 is 1.32 bits per heavy atom. The van der Waals surface area contributed by atoms with Crippen LogP contribution in [0.5, 0.6) is 0 Å². The summed E-state index contributed by atoms with van der Waals surface area (Å²) in [6, 6.07) is 3.93. The number of fused-ring (bicyclic) bond motifs is 4. The lowest BCUT2D eigenvalue weighted by atomic mass is 9.83. The normalized spacial score (nSPS) is 22.2. The van der Waals surface area contributed by atoms with Crippen molar-refractivity contribution in [1.82, 2.24) is 19.0 Å². The Kier molecular flexibility index (Phi) is 4.26. The minimum absolute atomic E-state index is 0.0154. The first-order chi connectivity index (χ1) is 12.0. The van der Waals surface area contributed by atoms with Crippen LogP contribution in [0.2, 0.25) is 0 Å². The van der Waals surface area contributed by atoms with E-state index in [1.807, 2.05) is 39.4 Å². The summed E-state index contributed by atoms with van der Waals surface area (Å²) in [5, 5.41) is 0. The molecule has 2 aliphatic heterocycles. The van der Waals surface area contributed by atoms with Crippen molar-refractivity contribution < 1.29 is 4.79 Å². The Balaban J connectivity index is 1.54. The molecule has 0 aliphatic carbocycles. The zero-order valence-corrected chi connectivity index (χ0v) is 16.1. The van der Waals surface area contributed by atoms with Gasteiger partial charge in [-0.1, -0.05) is 0 Å². The minimum atomic E-state index is 0.0154. The molecule has 0 N–H and O–H groups in total. The van der Waals surface area contributed by atoms with Crippen LogP contribution in [0.4, 0.5) is 0 Å². The maximum atomic E-state index is 12.6. The Morgan fingerprint density at radius 2 is 2.16 bits per heavy atom. The Hall–Kier alpha value is -1.90. The highest BCUT2D eigenvalue weighted by atomic mass is 127. The third-order valence-corrected chi connectivity index (χ3v) is 5.81. The SMILES string of the molecule is Cn1cnc(/C=C/C(=O)N2C[C@@H]3C[C@H](C2)c2ccc(I)c(=O)n2C3)c1. The third-order valence-electron chi connectivity index (χ3n) is 4.99. The van der Waals surface area contributed by atoms with Crippen LogP contribution in [0.3, 0.4) is 0 Å². The van der Waals surface area contributed by atoms with Crippen molar-refractivity contribution in [2.75, 3.05) is 13.1 Å². The van der Waals surface area contributed by atoms with Crippen molar-refractivity contribution in [2.24, 2.45) is 13.0 Å². The van der Waals surface area contributed by atoms with Gasteiger partial charge in [0.15, 0.2) is 0 Å². The number of carbonyl (C=O) groups is 1. The van der Waals surface area contributed by atoms with E-state index in [1.165, 1.54) is 0 Å². The van der Waals surface area contributed by atoms with Gasteiger partial charge in [0, 0.05) is 50.6 Å². The van der Waals surface area contributed by atoms with Crippen molar-refractivity contribution in [1.29, 1.82) is 0 Å². The molecule has 6 nitrogen and oxygen atoms in total. The number of nitrogens with zero attached hydrogens (tertiary/aromatic N) is 4. The predicted molar refractivity (Wildman–Crippen MR) is 103 cm³/mol. The second kappa shape index (κ2) is 6.44. The van der Waals surface area contributed by atoms with Gasteiger partial charge in [-0.25, -0.2) is 4.98 Å². The number of imidazole rings is 1. The van der Waals surface area contributed by atoms with Gasteiger partial charge in [0.25, 0.3) is 5.56 Å². The average molecular weight is 450 g/mol. The lowest BCUT2D eigenvalue weighted by molar-refractivity contribution is -0.128. The van der Waals surface area contributed by atoms with Crippen LogP contribution in [0, 0.1) is 9.49 Å². The molecule has 0 radical (unpaired) electrons. The maximum absolute atomic E-state index is 12.6. The Bertz CT molecular complexity index is 914. The molecule has 1 fully saturated rings. The summed E-state index contributed by atoms with van der Waals surface area (Å²) >= 11 is 2.09. The highest BCUT2D eigenvalue weighted by molar-refractivity contribution is 14.1. The van der Waals surface area contributed by atoms with E-state index in [9.17, 15) is 9.59 Å². The summed E-state index contributed by atoms with van der Waals surface area (Å²) in [5.41, 5.74) is 1.94. The number of piperidine rings is 1. The van der Waals surface area contributed by atoms with Gasteiger partial charge in [-0.15, -0.1) is 0 Å². The van der Waals surface area contributed by atoms with Gasteiger partial charge in [-0.05, 0) is 53.1 Å². The first kappa shape index (κ1) is 16.6. The molecule has 0 aromatic carbocycles. The molecular formula is C18H19IN4O2. The Labute approximate surface area is 159 Å². The summed E-state index contributed by atoms with van der Waals surface area (Å²) < 4.78 is 4.52. The number of rotatable bonds is 2. The van der Waals surface area contributed by atoms with Crippen molar-refractivity contribution in [2.45, 2.75) is 18.9 Å². The summed E-state index contributed by atoms with van der Waals surface area (Å²) in [6.45, 7) is 2.08. The highest BCUT2D eigenvalue weighted by Gasteiger charge is 2.36. The molecule has 130 valence electrons.